The average molecular weight is 495 g/mol. The van der Waals surface area contributed by atoms with Gasteiger partial charge in [0.1, 0.15) is 0 Å². The van der Waals surface area contributed by atoms with E-state index in [1.165, 1.54) is 18.2 Å². The Balaban J connectivity index is 1.26. The van der Waals surface area contributed by atoms with Gasteiger partial charge in [0.15, 0.2) is 0 Å². The van der Waals surface area contributed by atoms with Crippen LogP contribution in [0.5, 0.6) is 0 Å². The van der Waals surface area contributed by atoms with Crippen LogP contribution in [0.3, 0.4) is 0 Å². The molecule has 2 aliphatic heterocycles. The molecule has 2 heterocycles. The lowest BCUT2D eigenvalue weighted by molar-refractivity contribution is 0.0623. The number of carbonyl (C=O) groups excluding carboxylic acids is 3. The van der Waals surface area contributed by atoms with Crippen molar-refractivity contribution in [2.24, 2.45) is 0 Å². The van der Waals surface area contributed by atoms with Gasteiger partial charge in [-0.3, -0.25) is 9.59 Å². The largest absolute Gasteiger partial charge is 0.453 e. The molecule has 1 saturated heterocycles. The number of nitrogens with zero attached hydrogens (tertiary/aromatic N) is 2. The first kappa shape index (κ1) is 25.7. The fourth-order valence-electron chi connectivity index (χ4n) is 4.89. The molecule has 9 nitrogen and oxygen atoms in total. The maximum Gasteiger partial charge on any atom is 0.409 e. The van der Waals surface area contributed by atoms with Crippen LogP contribution in [0, 0.1) is 0 Å². The van der Waals surface area contributed by atoms with E-state index >= 15 is 0 Å². The van der Waals surface area contributed by atoms with Crippen molar-refractivity contribution in [2.45, 2.75) is 44.0 Å². The monoisotopic (exact) mass is 494 g/mol. The SMILES string of the molecule is COC(=O)N1CCC(N(C)C(=O)c2ccc(C(=O)NCC(O)C3Cc4ccccc4CN3)cc2)CC1. The molecule has 9 heteroatoms. The van der Waals surface area contributed by atoms with Gasteiger partial charge in [-0.1, -0.05) is 24.3 Å². The molecule has 2 atom stereocenters. The number of hydrogen-bond acceptors (Lipinski definition) is 6. The molecule has 2 aromatic rings. The molecule has 0 radical (unpaired) electrons. The number of amides is 3. The Bertz CT molecular complexity index is 1080. The quantitative estimate of drug-likeness (QED) is 0.565. The fraction of sp³-hybridized carbons (Fsp3) is 0.444. The van der Waals surface area contributed by atoms with Gasteiger partial charge in [-0.2, -0.15) is 0 Å². The molecule has 0 aliphatic carbocycles. The first-order valence-corrected chi connectivity index (χ1v) is 12.3. The van der Waals surface area contributed by atoms with Crippen LogP contribution in [-0.4, -0.2) is 84.8 Å². The number of piperidine rings is 1. The predicted molar refractivity (Wildman–Crippen MR) is 135 cm³/mol. The molecular formula is C27H34N4O5. The van der Waals surface area contributed by atoms with E-state index in [-0.39, 0.29) is 36.5 Å². The summed E-state index contributed by atoms with van der Waals surface area (Å²) in [6.07, 6.45) is 1.01. The van der Waals surface area contributed by atoms with Crippen molar-refractivity contribution in [1.82, 2.24) is 20.4 Å². The molecule has 0 aromatic heterocycles. The molecule has 0 saturated carbocycles. The van der Waals surface area contributed by atoms with Gasteiger partial charge in [-0.25, -0.2) is 4.79 Å². The lowest BCUT2D eigenvalue weighted by Crippen LogP contribution is -2.49. The van der Waals surface area contributed by atoms with E-state index in [9.17, 15) is 19.5 Å². The van der Waals surface area contributed by atoms with Crippen LogP contribution in [0.15, 0.2) is 48.5 Å². The van der Waals surface area contributed by atoms with Crippen molar-refractivity contribution in [2.75, 3.05) is 33.8 Å². The number of likely N-dealkylation sites (tertiary alicyclic amines) is 1. The maximum absolute atomic E-state index is 13.0. The number of methoxy groups -OCH3 is 1. The third kappa shape index (κ3) is 5.85. The van der Waals surface area contributed by atoms with Gasteiger partial charge in [-0.15, -0.1) is 0 Å². The number of nitrogens with one attached hydrogen (secondary N) is 2. The van der Waals surface area contributed by atoms with Crippen LogP contribution < -0.4 is 10.6 Å². The number of rotatable bonds is 6. The molecule has 2 aliphatic rings. The minimum Gasteiger partial charge on any atom is -0.453 e. The van der Waals surface area contributed by atoms with Gasteiger partial charge in [0.2, 0.25) is 0 Å². The zero-order valence-electron chi connectivity index (χ0n) is 20.8. The van der Waals surface area contributed by atoms with Crippen LogP contribution in [0.4, 0.5) is 4.79 Å². The number of ether oxygens (including phenoxy) is 1. The summed E-state index contributed by atoms with van der Waals surface area (Å²) in [5.74, 6) is -0.426. The summed E-state index contributed by atoms with van der Waals surface area (Å²) in [5.41, 5.74) is 3.37. The molecule has 2 unspecified atom stereocenters. The summed E-state index contributed by atoms with van der Waals surface area (Å²) >= 11 is 0. The first-order chi connectivity index (χ1) is 17.4. The highest BCUT2D eigenvalue weighted by molar-refractivity contribution is 5.97. The van der Waals surface area contributed by atoms with Crippen molar-refractivity contribution in [3.05, 3.63) is 70.8 Å². The van der Waals surface area contributed by atoms with Crippen LogP contribution in [0.25, 0.3) is 0 Å². The number of fused-ring (bicyclic) bond motifs is 1. The summed E-state index contributed by atoms with van der Waals surface area (Å²) in [5, 5.41) is 16.7. The molecule has 3 N–H and O–H groups in total. The molecule has 4 rings (SSSR count). The standard InChI is InChI=1S/C27H34N4O5/c1-30(22-11-13-31(14-12-22)27(35)36-2)26(34)19-9-7-18(8-10-19)25(33)29-17-24(32)23-15-20-5-3-4-6-21(20)16-28-23/h3-10,22-24,28,32H,11-17H2,1-2H3,(H,29,33). The van der Waals surface area contributed by atoms with Gasteiger partial charge < -0.3 is 30.3 Å². The highest BCUT2D eigenvalue weighted by atomic mass is 16.5. The Morgan fingerprint density at radius 2 is 1.72 bits per heavy atom. The molecule has 3 amide bonds. The number of hydrogen-bond donors (Lipinski definition) is 3. The summed E-state index contributed by atoms with van der Waals surface area (Å²) in [4.78, 5) is 40.6. The predicted octanol–water partition coefficient (Wildman–Crippen LogP) is 1.79. The van der Waals surface area contributed by atoms with Gasteiger partial charge in [0.05, 0.1) is 13.2 Å². The van der Waals surface area contributed by atoms with E-state index in [1.54, 1.807) is 41.1 Å². The van der Waals surface area contributed by atoms with E-state index in [0.29, 0.717) is 50.0 Å². The van der Waals surface area contributed by atoms with Crippen molar-refractivity contribution >= 4 is 17.9 Å². The average Bonchev–Trinajstić information content (AvgIpc) is 2.94. The third-order valence-electron chi connectivity index (χ3n) is 7.21. The highest BCUT2D eigenvalue weighted by Gasteiger charge is 2.28. The van der Waals surface area contributed by atoms with Gasteiger partial charge in [-0.05, 0) is 54.7 Å². The Labute approximate surface area is 211 Å². The highest BCUT2D eigenvalue weighted by Crippen LogP contribution is 2.19. The number of benzene rings is 2. The molecule has 0 bridgehead atoms. The number of aliphatic hydroxyl groups excluding tert-OH is 1. The second kappa shape index (κ2) is 11.5. The minimum absolute atomic E-state index is 0.0308. The molecular weight excluding hydrogens is 460 g/mol. The lowest BCUT2D eigenvalue weighted by Gasteiger charge is -2.36. The lowest BCUT2D eigenvalue weighted by atomic mass is 9.93. The van der Waals surface area contributed by atoms with E-state index in [4.69, 9.17) is 4.74 Å². The maximum atomic E-state index is 13.0. The Kier molecular flexibility index (Phi) is 8.22. The first-order valence-electron chi connectivity index (χ1n) is 12.3. The third-order valence-corrected chi connectivity index (χ3v) is 7.21. The van der Waals surface area contributed by atoms with Crippen molar-refractivity contribution in [1.29, 1.82) is 0 Å². The van der Waals surface area contributed by atoms with Crippen LogP contribution in [0.1, 0.15) is 44.7 Å². The smallest absolute Gasteiger partial charge is 0.409 e. The van der Waals surface area contributed by atoms with Gasteiger partial charge >= 0.3 is 6.09 Å². The second-order valence-corrected chi connectivity index (χ2v) is 9.42. The zero-order valence-corrected chi connectivity index (χ0v) is 20.8. The van der Waals surface area contributed by atoms with Gasteiger partial charge in [0.25, 0.3) is 11.8 Å². The zero-order chi connectivity index (χ0) is 25.7. The Morgan fingerprint density at radius 3 is 2.39 bits per heavy atom. The van der Waals surface area contributed by atoms with E-state index in [2.05, 4.69) is 22.8 Å². The van der Waals surface area contributed by atoms with Crippen molar-refractivity contribution < 1.29 is 24.2 Å². The van der Waals surface area contributed by atoms with Crippen LogP contribution in [-0.2, 0) is 17.7 Å². The summed E-state index contributed by atoms with van der Waals surface area (Å²) in [7, 11) is 3.13. The molecule has 0 spiro atoms. The summed E-state index contributed by atoms with van der Waals surface area (Å²) < 4.78 is 4.76. The van der Waals surface area contributed by atoms with E-state index in [0.717, 1.165) is 0 Å². The minimum atomic E-state index is -0.720. The second-order valence-electron chi connectivity index (χ2n) is 9.42. The van der Waals surface area contributed by atoms with Crippen molar-refractivity contribution in [3.8, 4) is 0 Å². The van der Waals surface area contributed by atoms with E-state index < -0.39 is 6.10 Å². The fourth-order valence-corrected chi connectivity index (χ4v) is 4.89. The number of aliphatic hydroxyl groups is 1. The molecule has 2 aromatic carbocycles. The summed E-state index contributed by atoms with van der Waals surface area (Å²) in [6, 6.07) is 14.6. The Morgan fingerprint density at radius 1 is 1.08 bits per heavy atom. The number of carbonyl (C=O) groups is 3. The molecule has 36 heavy (non-hydrogen) atoms. The van der Waals surface area contributed by atoms with Crippen LogP contribution in [0.2, 0.25) is 0 Å². The summed E-state index contributed by atoms with van der Waals surface area (Å²) in [6.45, 7) is 1.91. The Hall–Kier alpha value is -3.43. The molecule has 192 valence electrons. The van der Waals surface area contributed by atoms with Crippen molar-refractivity contribution in [3.63, 3.8) is 0 Å². The molecule has 1 fully saturated rings. The van der Waals surface area contributed by atoms with E-state index in [1.807, 2.05) is 12.1 Å². The van der Waals surface area contributed by atoms with Crippen LogP contribution >= 0.6 is 0 Å². The normalized spacial score (nSPS) is 18.6. The van der Waals surface area contributed by atoms with Gasteiger partial charge in [0, 0.05) is 56.4 Å². The topological polar surface area (TPSA) is 111 Å².